The number of amides is 3. The quantitative estimate of drug-likeness (QED) is 0.205. The van der Waals surface area contributed by atoms with Crippen molar-refractivity contribution < 1.29 is 29.0 Å². The van der Waals surface area contributed by atoms with Crippen molar-refractivity contribution in [2.75, 3.05) is 43.2 Å². The number of nitrogens with zero attached hydrogens (tertiary/aromatic N) is 3. The zero-order chi connectivity index (χ0) is 35.6. The molecule has 3 amide bonds. The van der Waals surface area contributed by atoms with Gasteiger partial charge < -0.3 is 29.3 Å². The van der Waals surface area contributed by atoms with E-state index in [0.717, 1.165) is 0 Å². The number of anilines is 2. The van der Waals surface area contributed by atoms with Crippen molar-refractivity contribution in [3.05, 3.63) is 110 Å². The lowest BCUT2D eigenvalue weighted by Gasteiger charge is -2.39. The van der Waals surface area contributed by atoms with E-state index in [4.69, 9.17) is 9.47 Å². The molecule has 0 saturated carbocycles. The van der Waals surface area contributed by atoms with E-state index in [9.17, 15) is 9.90 Å². The lowest BCUT2D eigenvalue weighted by molar-refractivity contribution is -0.142. The number of hydrogen-bond acceptors (Lipinski definition) is 7. The van der Waals surface area contributed by atoms with Gasteiger partial charge in [0.1, 0.15) is 17.5 Å². The van der Waals surface area contributed by atoms with Gasteiger partial charge in [-0.25, -0.2) is 0 Å². The molecule has 1 spiro atoms. The number of aliphatic hydroxyl groups is 1. The van der Waals surface area contributed by atoms with Crippen molar-refractivity contribution in [2.45, 2.75) is 48.3 Å². The molecule has 2 bridgehead atoms. The van der Waals surface area contributed by atoms with Crippen molar-refractivity contribution in [1.82, 2.24) is 4.90 Å². The minimum Gasteiger partial charge on any atom is -0.497 e. The number of benzene rings is 3. The molecule has 3 aliphatic heterocycles. The van der Waals surface area contributed by atoms with Gasteiger partial charge in [-0.15, -0.1) is 24.9 Å². The van der Waals surface area contributed by atoms with Crippen molar-refractivity contribution >= 4 is 40.9 Å². The Hall–Kier alpha value is -4.54. The Morgan fingerprint density at radius 1 is 0.940 bits per heavy atom. The zero-order valence-electron chi connectivity index (χ0n) is 28.9. The van der Waals surface area contributed by atoms with Gasteiger partial charge in [0.25, 0.3) is 5.91 Å². The normalized spacial score (nSPS) is 25.5. The molecular formula is C40H45N3O6S. The fraction of sp³-hybridized carbons (Fsp3) is 0.375. The summed E-state index contributed by atoms with van der Waals surface area (Å²) in [4.78, 5) is 50.2. The summed E-state index contributed by atoms with van der Waals surface area (Å²) in [5, 5.41) is 10.9. The van der Waals surface area contributed by atoms with E-state index in [-0.39, 0.29) is 37.4 Å². The van der Waals surface area contributed by atoms with Gasteiger partial charge in [0.05, 0.1) is 42.9 Å². The molecule has 262 valence electrons. The fourth-order valence-corrected chi connectivity index (χ4v) is 10.6. The van der Waals surface area contributed by atoms with E-state index in [1.807, 2.05) is 73.7 Å². The second-order valence-corrected chi connectivity index (χ2v) is 15.1. The van der Waals surface area contributed by atoms with Crippen molar-refractivity contribution in [3.8, 4) is 11.5 Å². The van der Waals surface area contributed by atoms with Crippen LogP contribution in [0.5, 0.6) is 11.5 Å². The predicted molar refractivity (Wildman–Crippen MR) is 198 cm³/mol. The van der Waals surface area contributed by atoms with Gasteiger partial charge in [-0.3, -0.25) is 14.4 Å². The number of aliphatic hydroxyl groups excluding tert-OH is 1. The molecule has 3 aromatic carbocycles. The number of ether oxygens (including phenoxy) is 2. The topological polar surface area (TPSA) is 99.6 Å². The molecule has 2 unspecified atom stereocenters. The van der Waals surface area contributed by atoms with E-state index in [1.165, 1.54) is 0 Å². The first-order chi connectivity index (χ1) is 24.2. The summed E-state index contributed by atoms with van der Waals surface area (Å²) in [6.07, 6.45) is 4.57. The van der Waals surface area contributed by atoms with Crippen molar-refractivity contribution in [1.29, 1.82) is 0 Å². The van der Waals surface area contributed by atoms with Gasteiger partial charge >= 0.3 is 0 Å². The molecule has 6 atom stereocenters. The Morgan fingerprint density at radius 2 is 1.52 bits per heavy atom. The first-order valence-electron chi connectivity index (χ1n) is 17.1. The van der Waals surface area contributed by atoms with Gasteiger partial charge in [-0.05, 0) is 80.8 Å². The molecule has 3 aromatic rings. The molecule has 6 rings (SSSR count). The maximum atomic E-state index is 15.2. The molecule has 3 heterocycles. The second-order valence-electron chi connectivity index (χ2n) is 13.2. The summed E-state index contributed by atoms with van der Waals surface area (Å²) in [5.41, 5.74) is 2.02. The molecule has 10 heteroatoms. The van der Waals surface area contributed by atoms with Crippen LogP contribution in [0.3, 0.4) is 0 Å². The largest absolute Gasteiger partial charge is 0.497 e. The second kappa shape index (κ2) is 14.4. The first kappa shape index (κ1) is 35.3. The van der Waals surface area contributed by atoms with Crippen LogP contribution in [0.2, 0.25) is 0 Å². The zero-order valence-corrected chi connectivity index (χ0v) is 29.7. The lowest BCUT2D eigenvalue weighted by atomic mass is 9.66. The molecule has 0 radical (unpaired) electrons. The molecule has 3 aliphatic rings. The molecule has 3 saturated heterocycles. The van der Waals surface area contributed by atoms with Crippen LogP contribution in [-0.2, 0) is 14.4 Å². The molecule has 0 aromatic heterocycles. The van der Waals surface area contributed by atoms with Gasteiger partial charge in [-0.1, -0.05) is 42.5 Å². The molecule has 9 nitrogen and oxygen atoms in total. The minimum atomic E-state index is -0.956. The molecular weight excluding hydrogens is 651 g/mol. The Labute approximate surface area is 298 Å². The van der Waals surface area contributed by atoms with Crippen LogP contribution in [-0.4, -0.2) is 76.7 Å². The molecule has 50 heavy (non-hydrogen) atoms. The summed E-state index contributed by atoms with van der Waals surface area (Å²) >= 11 is 1.60. The number of thioether (sulfide) groups is 1. The highest BCUT2D eigenvalue weighted by Gasteiger charge is 2.78. The molecule has 0 aliphatic carbocycles. The molecule has 1 N–H and O–H groups in total. The van der Waals surface area contributed by atoms with E-state index in [1.54, 1.807) is 57.9 Å². The standard InChI is InChI=1S/C40H45N3O6S/c1-6-24-41(28-16-20-31(21-17-28)49-8-3)36(45)33-34-37(46)43(32(26-44)27-12-10-9-11-13-27)35(40(34)23-22-39(33,4)50-40)38(47)42(25-7-2)29-14-18-30(48-5)19-15-29/h6-7,9-21,32-35,44H,1-2,8,22-26H2,3-5H3/t32-,33+,34+,35?,39-,40?/m1/s1. The van der Waals surface area contributed by atoms with Crippen LogP contribution >= 0.6 is 11.8 Å². The number of carbonyl (C=O) groups is 3. The SMILES string of the molecule is C=CCN(C(=O)C1N([C@H](CO)c2ccccc2)C(=O)[C@@H]2[C@@H](C(=O)N(CC=C)c3ccc(OCC)cc3)[C@@]3(C)CCC12S3)c1ccc(OC)cc1. The van der Waals surface area contributed by atoms with Crippen LogP contribution in [0.25, 0.3) is 0 Å². The average molecular weight is 696 g/mol. The Morgan fingerprint density at radius 3 is 2.06 bits per heavy atom. The highest BCUT2D eigenvalue weighted by Crippen LogP contribution is 2.72. The number of rotatable bonds is 14. The molecule has 3 fully saturated rings. The average Bonchev–Trinajstić information content (AvgIpc) is 3.71. The van der Waals surface area contributed by atoms with Gasteiger partial charge in [0, 0.05) is 29.2 Å². The van der Waals surface area contributed by atoms with E-state index in [2.05, 4.69) is 20.1 Å². The van der Waals surface area contributed by atoms with Gasteiger partial charge in [-0.2, -0.15) is 0 Å². The van der Waals surface area contributed by atoms with Crippen molar-refractivity contribution in [2.24, 2.45) is 11.8 Å². The number of hydrogen-bond donors (Lipinski definition) is 1. The van der Waals surface area contributed by atoms with Crippen LogP contribution in [0, 0.1) is 11.8 Å². The van der Waals surface area contributed by atoms with Crippen LogP contribution < -0.4 is 19.3 Å². The Balaban J connectivity index is 1.47. The first-order valence-corrected chi connectivity index (χ1v) is 17.9. The highest BCUT2D eigenvalue weighted by molar-refractivity contribution is 8.02. The number of methoxy groups -OCH3 is 1. The highest BCUT2D eigenvalue weighted by atomic mass is 32.2. The monoisotopic (exact) mass is 695 g/mol. The van der Waals surface area contributed by atoms with Gasteiger partial charge in [0.2, 0.25) is 11.8 Å². The third-order valence-corrected chi connectivity index (χ3v) is 12.4. The fourth-order valence-electron chi connectivity index (χ4n) is 8.25. The third kappa shape index (κ3) is 5.88. The van der Waals surface area contributed by atoms with Crippen molar-refractivity contribution in [3.63, 3.8) is 0 Å². The summed E-state index contributed by atoms with van der Waals surface area (Å²) in [6.45, 7) is 12.4. The Bertz CT molecular complexity index is 1730. The minimum absolute atomic E-state index is 0.185. The van der Waals surface area contributed by atoms with Gasteiger partial charge in [0.15, 0.2) is 0 Å². The summed E-state index contributed by atoms with van der Waals surface area (Å²) < 4.78 is 9.50. The predicted octanol–water partition coefficient (Wildman–Crippen LogP) is 6.05. The summed E-state index contributed by atoms with van der Waals surface area (Å²) in [6, 6.07) is 22.1. The Kier molecular flexibility index (Phi) is 10.1. The van der Waals surface area contributed by atoms with E-state index in [0.29, 0.717) is 47.9 Å². The summed E-state index contributed by atoms with van der Waals surface area (Å²) in [7, 11) is 1.58. The maximum Gasteiger partial charge on any atom is 0.251 e. The number of likely N-dealkylation sites (tertiary alicyclic amines) is 1. The van der Waals surface area contributed by atoms with Crippen LogP contribution in [0.1, 0.15) is 38.3 Å². The number of fused-ring (bicyclic) bond motifs is 1. The van der Waals surface area contributed by atoms with Crippen LogP contribution in [0.4, 0.5) is 11.4 Å². The van der Waals surface area contributed by atoms with Crippen LogP contribution in [0.15, 0.2) is 104 Å². The number of carbonyl (C=O) groups excluding carboxylic acids is 3. The smallest absolute Gasteiger partial charge is 0.251 e. The maximum absolute atomic E-state index is 15.2. The third-order valence-electron chi connectivity index (χ3n) is 10.4. The van der Waals surface area contributed by atoms with E-state index >= 15 is 9.59 Å². The lowest BCUT2D eigenvalue weighted by Crippen LogP contribution is -2.56. The summed E-state index contributed by atoms with van der Waals surface area (Å²) in [5.74, 6) is -0.916. The van der Waals surface area contributed by atoms with E-state index < -0.39 is 33.4 Å².